The van der Waals surface area contributed by atoms with Gasteiger partial charge in [-0.25, -0.2) is 9.67 Å². The van der Waals surface area contributed by atoms with E-state index in [2.05, 4.69) is 10.1 Å². The minimum Gasteiger partial charge on any atom is -0.332 e. The number of likely N-dealkylation sites (tertiary alicyclic amines) is 1. The molecule has 1 saturated heterocycles. The molecule has 1 atom stereocenters. The highest BCUT2D eigenvalue weighted by Gasteiger charge is 2.41. The third-order valence-electron chi connectivity index (χ3n) is 4.06. The Hall–Kier alpha value is -2.38. The van der Waals surface area contributed by atoms with Gasteiger partial charge in [-0.05, 0) is 25.8 Å². The zero-order valence-corrected chi connectivity index (χ0v) is 13.3. The van der Waals surface area contributed by atoms with Gasteiger partial charge in [-0.3, -0.25) is 4.79 Å². The highest BCUT2D eigenvalue weighted by atomic mass is 19.4. The fourth-order valence-electron chi connectivity index (χ4n) is 2.98. The van der Waals surface area contributed by atoms with Crippen LogP contribution in [-0.4, -0.2) is 44.8 Å². The first-order valence-corrected chi connectivity index (χ1v) is 7.61. The molecule has 3 rings (SSSR count). The number of aromatic nitrogens is 3. The van der Waals surface area contributed by atoms with Crippen molar-refractivity contribution in [1.82, 2.24) is 19.7 Å². The van der Waals surface area contributed by atoms with Gasteiger partial charge < -0.3 is 4.90 Å². The van der Waals surface area contributed by atoms with Gasteiger partial charge in [-0.15, -0.1) is 0 Å². The summed E-state index contributed by atoms with van der Waals surface area (Å²) >= 11 is 0. The van der Waals surface area contributed by atoms with E-state index in [1.807, 2.05) is 31.2 Å². The maximum absolute atomic E-state index is 12.6. The van der Waals surface area contributed by atoms with Crippen LogP contribution in [0.5, 0.6) is 0 Å². The number of halogens is 3. The molecule has 0 bridgehead atoms. The molecule has 1 amide bonds. The minimum absolute atomic E-state index is 0.0646. The van der Waals surface area contributed by atoms with E-state index in [1.165, 1.54) is 4.68 Å². The minimum atomic E-state index is -4.40. The third kappa shape index (κ3) is 3.13. The summed E-state index contributed by atoms with van der Waals surface area (Å²) in [7, 11) is 0. The Morgan fingerprint density at radius 2 is 1.96 bits per heavy atom. The third-order valence-corrected chi connectivity index (χ3v) is 4.06. The SMILES string of the molecule is Cc1nc(-c2ccccc2C)n([C@@H]2CCN(CC(F)(F)F)C2=O)n1. The van der Waals surface area contributed by atoms with Crippen molar-refractivity contribution in [1.29, 1.82) is 0 Å². The fourth-order valence-corrected chi connectivity index (χ4v) is 2.98. The van der Waals surface area contributed by atoms with E-state index >= 15 is 0 Å². The number of alkyl halides is 3. The lowest BCUT2D eigenvalue weighted by atomic mass is 10.1. The predicted molar refractivity (Wildman–Crippen MR) is 81.2 cm³/mol. The molecule has 0 radical (unpaired) electrons. The molecule has 0 saturated carbocycles. The van der Waals surface area contributed by atoms with Crippen molar-refractivity contribution in [3.63, 3.8) is 0 Å². The molecule has 0 N–H and O–H groups in total. The van der Waals surface area contributed by atoms with Crippen molar-refractivity contribution >= 4 is 5.91 Å². The van der Waals surface area contributed by atoms with Crippen molar-refractivity contribution in [3.05, 3.63) is 35.7 Å². The Balaban J connectivity index is 1.94. The molecule has 2 aromatic rings. The maximum atomic E-state index is 12.6. The van der Waals surface area contributed by atoms with E-state index in [0.29, 0.717) is 11.6 Å². The first kappa shape index (κ1) is 16.5. The Bertz CT molecular complexity index is 769. The summed E-state index contributed by atoms with van der Waals surface area (Å²) in [6.07, 6.45) is -4.11. The molecule has 0 spiro atoms. The monoisotopic (exact) mass is 338 g/mol. The highest BCUT2D eigenvalue weighted by Crippen LogP contribution is 2.31. The molecule has 128 valence electrons. The number of hydrogen-bond acceptors (Lipinski definition) is 3. The Morgan fingerprint density at radius 3 is 2.62 bits per heavy atom. The van der Waals surface area contributed by atoms with Gasteiger partial charge in [0.1, 0.15) is 18.4 Å². The number of carbonyl (C=O) groups excluding carboxylic acids is 1. The smallest absolute Gasteiger partial charge is 0.332 e. The van der Waals surface area contributed by atoms with Crippen molar-refractivity contribution in [2.75, 3.05) is 13.1 Å². The van der Waals surface area contributed by atoms with Crippen molar-refractivity contribution in [2.24, 2.45) is 0 Å². The van der Waals surface area contributed by atoms with Gasteiger partial charge in [0.15, 0.2) is 5.82 Å². The number of aryl methyl sites for hydroxylation is 2. The van der Waals surface area contributed by atoms with E-state index in [9.17, 15) is 18.0 Å². The number of hydrogen-bond donors (Lipinski definition) is 0. The number of amides is 1. The van der Waals surface area contributed by atoms with Gasteiger partial charge >= 0.3 is 6.18 Å². The van der Waals surface area contributed by atoms with Crippen molar-refractivity contribution in [3.8, 4) is 11.4 Å². The van der Waals surface area contributed by atoms with E-state index in [1.54, 1.807) is 6.92 Å². The number of carbonyl (C=O) groups is 1. The largest absolute Gasteiger partial charge is 0.406 e. The van der Waals surface area contributed by atoms with Crippen LogP contribution < -0.4 is 0 Å². The molecule has 1 aliphatic rings. The zero-order valence-electron chi connectivity index (χ0n) is 13.3. The Kier molecular flexibility index (Phi) is 4.06. The topological polar surface area (TPSA) is 51.0 Å². The zero-order chi connectivity index (χ0) is 17.5. The molecule has 1 fully saturated rings. The van der Waals surface area contributed by atoms with Crippen molar-refractivity contribution < 1.29 is 18.0 Å². The normalized spacial score (nSPS) is 18.5. The van der Waals surface area contributed by atoms with Gasteiger partial charge in [-0.1, -0.05) is 24.3 Å². The summed E-state index contributed by atoms with van der Waals surface area (Å²) < 4.78 is 39.2. The molecule has 2 heterocycles. The van der Waals surface area contributed by atoms with E-state index in [0.717, 1.165) is 16.0 Å². The number of rotatable bonds is 3. The Labute approximate surface area is 137 Å². The second-order valence-corrected chi connectivity index (χ2v) is 5.92. The molecule has 8 heteroatoms. The van der Waals surface area contributed by atoms with Crippen LogP contribution in [0.2, 0.25) is 0 Å². The lowest BCUT2D eigenvalue weighted by molar-refractivity contribution is -0.158. The van der Waals surface area contributed by atoms with Gasteiger partial charge in [-0.2, -0.15) is 18.3 Å². The number of benzene rings is 1. The maximum Gasteiger partial charge on any atom is 0.406 e. The summed E-state index contributed by atoms with van der Waals surface area (Å²) in [5.74, 6) is 0.431. The molecular formula is C16H17F3N4O. The standard InChI is InChI=1S/C16H17F3N4O/c1-10-5-3-4-6-12(10)14-20-11(2)21-23(14)13-7-8-22(15(13)24)9-16(17,18)19/h3-6,13H,7-9H2,1-2H3/t13-/m1/s1. The van der Waals surface area contributed by atoms with Crippen LogP contribution in [0.1, 0.15) is 23.9 Å². The summed E-state index contributed by atoms with van der Waals surface area (Å²) in [5.41, 5.74) is 1.78. The van der Waals surface area contributed by atoms with Gasteiger partial charge in [0.2, 0.25) is 5.91 Å². The van der Waals surface area contributed by atoms with Gasteiger partial charge in [0.05, 0.1) is 0 Å². The van der Waals surface area contributed by atoms with Crippen LogP contribution >= 0.6 is 0 Å². The quantitative estimate of drug-likeness (QED) is 0.865. The summed E-state index contributed by atoms with van der Waals surface area (Å²) in [4.78, 5) is 17.6. The molecule has 1 aromatic carbocycles. The number of nitrogens with zero attached hydrogens (tertiary/aromatic N) is 4. The molecule has 0 unspecified atom stereocenters. The molecule has 1 aromatic heterocycles. The fraction of sp³-hybridized carbons (Fsp3) is 0.438. The van der Waals surface area contributed by atoms with Gasteiger partial charge in [0, 0.05) is 12.1 Å². The molecular weight excluding hydrogens is 321 g/mol. The van der Waals surface area contributed by atoms with Crippen molar-refractivity contribution in [2.45, 2.75) is 32.5 Å². The molecule has 5 nitrogen and oxygen atoms in total. The summed E-state index contributed by atoms with van der Waals surface area (Å²) in [6, 6.07) is 6.77. The summed E-state index contributed by atoms with van der Waals surface area (Å²) in [6.45, 7) is 2.45. The molecule has 1 aliphatic heterocycles. The average Bonchev–Trinajstić information content (AvgIpc) is 3.02. The highest BCUT2D eigenvalue weighted by molar-refractivity contribution is 5.83. The first-order chi connectivity index (χ1) is 11.3. The molecule has 0 aliphatic carbocycles. The van der Waals surface area contributed by atoms with Crippen LogP contribution in [-0.2, 0) is 4.79 Å². The van der Waals surface area contributed by atoms with Crippen LogP contribution in [0, 0.1) is 13.8 Å². The lowest BCUT2D eigenvalue weighted by Gasteiger charge is -2.19. The van der Waals surface area contributed by atoms with Crippen LogP contribution in [0.4, 0.5) is 13.2 Å². The first-order valence-electron chi connectivity index (χ1n) is 7.61. The van der Waals surface area contributed by atoms with Crippen LogP contribution in [0.3, 0.4) is 0 Å². The molecule has 24 heavy (non-hydrogen) atoms. The van der Waals surface area contributed by atoms with E-state index in [-0.39, 0.29) is 13.0 Å². The summed E-state index contributed by atoms with van der Waals surface area (Å²) in [5, 5.41) is 4.27. The second-order valence-electron chi connectivity index (χ2n) is 5.92. The lowest BCUT2D eigenvalue weighted by Crippen LogP contribution is -2.36. The van der Waals surface area contributed by atoms with E-state index < -0.39 is 24.7 Å². The van der Waals surface area contributed by atoms with Gasteiger partial charge in [0.25, 0.3) is 0 Å². The van der Waals surface area contributed by atoms with Crippen LogP contribution in [0.25, 0.3) is 11.4 Å². The van der Waals surface area contributed by atoms with E-state index in [4.69, 9.17) is 0 Å². The second kappa shape index (κ2) is 5.92. The van der Waals surface area contributed by atoms with Crippen LogP contribution in [0.15, 0.2) is 24.3 Å². The predicted octanol–water partition coefficient (Wildman–Crippen LogP) is 2.90. The average molecular weight is 338 g/mol. The Morgan fingerprint density at radius 1 is 1.25 bits per heavy atom.